The fourth-order valence-electron chi connectivity index (χ4n) is 2.99. The van der Waals surface area contributed by atoms with Crippen LogP contribution in [0.4, 0.5) is 0 Å². The Hall–Kier alpha value is -1.10. The third-order valence-electron chi connectivity index (χ3n) is 3.92. The summed E-state index contributed by atoms with van der Waals surface area (Å²) >= 11 is 0. The predicted octanol–water partition coefficient (Wildman–Crippen LogP) is 0.383. The second-order valence-corrected chi connectivity index (χ2v) is 5.39. The highest BCUT2D eigenvalue weighted by atomic mass is 16.2. The van der Waals surface area contributed by atoms with Crippen LogP contribution in [0, 0.1) is 0 Å². The van der Waals surface area contributed by atoms with Crippen molar-refractivity contribution in [3.8, 4) is 0 Å². The van der Waals surface area contributed by atoms with E-state index in [1.165, 1.54) is 0 Å². The quantitative estimate of drug-likeness (QED) is 0.760. The number of carbonyl (C=O) groups excluding carboxylic acids is 2. The highest BCUT2D eigenvalue weighted by molar-refractivity contribution is 5.78. The molecule has 2 rings (SSSR count). The summed E-state index contributed by atoms with van der Waals surface area (Å²) in [5, 5.41) is 2.98. The van der Waals surface area contributed by atoms with Gasteiger partial charge in [0.15, 0.2) is 0 Å². The first-order valence-electron chi connectivity index (χ1n) is 6.92. The minimum atomic E-state index is -0.119. The third-order valence-corrected chi connectivity index (χ3v) is 3.92. The van der Waals surface area contributed by atoms with Crippen LogP contribution in [0.3, 0.4) is 0 Å². The number of hydrogen-bond donors (Lipinski definition) is 2. The molecule has 0 aromatic carbocycles. The van der Waals surface area contributed by atoms with Crippen molar-refractivity contribution in [1.82, 2.24) is 10.2 Å². The lowest BCUT2D eigenvalue weighted by Crippen LogP contribution is -2.56. The van der Waals surface area contributed by atoms with E-state index in [0.29, 0.717) is 6.04 Å². The molecular formula is C13H23N3O2. The lowest BCUT2D eigenvalue weighted by molar-refractivity contribution is -0.134. The van der Waals surface area contributed by atoms with Crippen LogP contribution < -0.4 is 11.1 Å². The first-order valence-corrected chi connectivity index (χ1v) is 6.92. The van der Waals surface area contributed by atoms with Gasteiger partial charge in [0.2, 0.25) is 11.8 Å². The molecule has 0 aliphatic heterocycles. The van der Waals surface area contributed by atoms with Crippen LogP contribution in [0.5, 0.6) is 0 Å². The number of rotatable bonds is 4. The zero-order valence-corrected chi connectivity index (χ0v) is 11.0. The van der Waals surface area contributed by atoms with Gasteiger partial charge < -0.3 is 16.0 Å². The minimum absolute atomic E-state index is 0.0206. The van der Waals surface area contributed by atoms with E-state index < -0.39 is 0 Å². The van der Waals surface area contributed by atoms with Gasteiger partial charge in [0, 0.05) is 19.0 Å². The van der Waals surface area contributed by atoms with E-state index in [2.05, 4.69) is 5.32 Å². The Kier molecular flexibility index (Phi) is 4.22. The van der Waals surface area contributed by atoms with E-state index in [-0.39, 0.29) is 30.4 Å². The molecule has 18 heavy (non-hydrogen) atoms. The zero-order valence-electron chi connectivity index (χ0n) is 11.0. The Morgan fingerprint density at radius 3 is 2.44 bits per heavy atom. The monoisotopic (exact) mass is 253 g/mol. The van der Waals surface area contributed by atoms with E-state index in [9.17, 15) is 9.59 Å². The van der Waals surface area contributed by atoms with Crippen LogP contribution in [-0.2, 0) is 9.59 Å². The van der Waals surface area contributed by atoms with Crippen LogP contribution >= 0.6 is 0 Å². The predicted molar refractivity (Wildman–Crippen MR) is 68.8 cm³/mol. The highest BCUT2D eigenvalue weighted by Gasteiger charge is 2.40. The molecular weight excluding hydrogens is 230 g/mol. The maximum absolute atomic E-state index is 11.8. The topological polar surface area (TPSA) is 75.4 Å². The molecule has 2 amide bonds. The average molecular weight is 253 g/mol. The van der Waals surface area contributed by atoms with Crippen molar-refractivity contribution in [3.63, 3.8) is 0 Å². The van der Waals surface area contributed by atoms with Crippen molar-refractivity contribution in [2.75, 3.05) is 6.54 Å². The smallest absolute Gasteiger partial charge is 0.234 e. The Balaban J connectivity index is 2.05. The molecule has 2 fully saturated rings. The number of nitrogens with one attached hydrogen (secondary N) is 1. The fourth-order valence-corrected chi connectivity index (χ4v) is 2.99. The molecule has 0 saturated heterocycles. The number of carbonyl (C=O) groups is 2. The van der Waals surface area contributed by atoms with Crippen molar-refractivity contribution in [2.45, 2.75) is 63.6 Å². The van der Waals surface area contributed by atoms with E-state index in [0.717, 1.165) is 38.5 Å². The summed E-state index contributed by atoms with van der Waals surface area (Å²) in [5.41, 5.74) is 5.35. The van der Waals surface area contributed by atoms with Crippen LogP contribution in [-0.4, -0.2) is 41.4 Å². The van der Waals surface area contributed by atoms with Gasteiger partial charge in [0.25, 0.3) is 0 Å². The number of amides is 2. The number of nitrogens with zero attached hydrogens (tertiary/aromatic N) is 1. The lowest BCUT2D eigenvalue weighted by atomic mass is 9.88. The van der Waals surface area contributed by atoms with Crippen molar-refractivity contribution < 1.29 is 9.59 Å². The maximum atomic E-state index is 11.8. The summed E-state index contributed by atoms with van der Waals surface area (Å²) in [6.07, 6.45) is 6.40. The largest absolute Gasteiger partial charge is 0.350 e. The van der Waals surface area contributed by atoms with Gasteiger partial charge in [0.05, 0.1) is 12.6 Å². The van der Waals surface area contributed by atoms with Crippen molar-refractivity contribution >= 4 is 11.8 Å². The summed E-state index contributed by atoms with van der Waals surface area (Å²) in [4.78, 5) is 25.3. The summed E-state index contributed by atoms with van der Waals surface area (Å²) in [5.74, 6) is 0.0163. The fraction of sp³-hybridized carbons (Fsp3) is 0.846. The highest BCUT2D eigenvalue weighted by Crippen LogP contribution is 2.33. The molecule has 0 bridgehead atoms. The van der Waals surface area contributed by atoms with Gasteiger partial charge in [-0.1, -0.05) is 12.8 Å². The van der Waals surface area contributed by atoms with Gasteiger partial charge in [-0.3, -0.25) is 9.59 Å². The third kappa shape index (κ3) is 3.02. The van der Waals surface area contributed by atoms with Crippen molar-refractivity contribution in [3.05, 3.63) is 0 Å². The molecule has 0 aromatic rings. The Morgan fingerprint density at radius 2 is 1.89 bits per heavy atom. The summed E-state index contributed by atoms with van der Waals surface area (Å²) in [6, 6.07) is 0.654. The van der Waals surface area contributed by atoms with E-state index in [4.69, 9.17) is 5.73 Å². The van der Waals surface area contributed by atoms with Gasteiger partial charge in [-0.15, -0.1) is 0 Å². The first-order chi connectivity index (χ1) is 8.63. The Morgan fingerprint density at radius 1 is 1.22 bits per heavy atom. The van der Waals surface area contributed by atoms with Crippen LogP contribution in [0.2, 0.25) is 0 Å². The number of hydrogen-bond acceptors (Lipinski definition) is 3. The minimum Gasteiger partial charge on any atom is -0.350 e. The summed E-state index contributed by atoms with van der Waals surface area (Å²) in [6.45, 7) is 1.65. The van der Waals surface area contributed by atoms with Gasteiger partial charge in [-0.05, 0) is 25.7 Å². The molecule has 0 aromatic heterocycles. The van der Waals surface area contributed by atoms with E-state index in [1.54, 1.807) is 6.92 Å². The second kappa shape index (κ2) is 5.69. The molecule has 2 atom stereocenters. The van der Waals surface area contributed by atoms with Gasteiger partial charge >= 0.3 is 0 Å². The van der Waals surface area contributed by atoms with Crippen LogP contribution in [0.15, 0.2) is 0 Å². The van der Waals surface area contributed by atoms with Gasteiger partial charge in [-0.25, -0.2) is 0 Å². The van der Waals surface area contributed by atoms with Crippen molar-refractivity contribution in [1.29, 1.82) is 0 Å². The molecule has 0 heterocycles. The standard InChI is InChI=1S/C13H23N3O2/c1-9(17)16(10-6-7-10)12-5-3-2-4-11(12)15-13(18)8-14/h10-12H,2-8,14H2,1H3,(H,15,18). The molecule has 2 saturated carbocycles. The lowest BCUT2D eigenvalue weighted by Gasteiger charge is -2.40. The first kappa shape index (κ1) is 13.3. The van der Waals surface area contributed by atoms with Crippen molar-refractivity contribution in [2.24, 2.45) is 5.73 Å². The molecule has 5 heteroatoms. The average Bonchev–Trinajstić information content (AvgIpc) is 3.15. The molecule has 2 aliphatic rings. The van der Waals surface area contributed by atoms with Crippen LogP contribution in [0.25, 0.3) is 0 Å². The normalized spacial score (nSPS) is 27.7. The molecule has 0 spiro atoms. The molecule has 2 unspecified atom stereocenters. The summed E-state index contributed by atoms with van der Waals surface area (Å²) in [7, 11) is 0. The van der Waals surface area contributed by atoms with E-state index in [1.807, 2.05) is 4.90 Å². The summed E-state index contributed by atoms with van der Waals surface area (Å²) < 4.78 is 0. The Labute approximate surface area is 108 Å². The van der Waals surface area contributed by atoms with E-state index >= 15 is 0 Å². The van der Waals surface area contributed by atoms with Crippen LogP contribution in [0.1, 0.15) is 45.4 Å². The second-order valence-electron chi connectivity index (χ2n) is 5.39. The molecule has 102 valence electrons. The number of nitrogens with two attached hydrogens (primary N) is 1. The van der Waals surface area contributed by atoms with Gasteiger partial charge in [-0.2, -0.15) is 0 Å². The molecule has 5 nitrogen and oxygen atoms in total. The molecule has 2 aliphatic carbocycles. The van der Waals surface area contributed by atoms with Gasteiger partial charge in [0.1, 0.15) is 0 Å². The SMILES string of the molecule is CC(=O)N(C1CC1)C1CCCCC1NC(=O)CN. The molecule has 0 radical (unpaired) electrons. The Bertz CT molecular complexity index is 328. The molecule has 3 N–H and O–H groups in total. The maximum Gasteiger partial charge on any atom is 0.234 e. The zero-order chi connectivity index (χ0) is 13.1.